The number of nitrogens with zero attached hydrogens (tertiary/aromatic N) is 2. The first-order valence-corrected chi connectivity index (χ1v) is 10.5. The van der Waals surface area contributed by atoms with Crippen LogP contribution in [0, 0.1) is 0 Å². The lowest BCUT2D eigenvalue weighted by Crippen LogP contribution is -2.40. The standard InChI is InChI=1S/C24H26N2O5/c1-3-14-31-20-7-5-4-6-19(20)26-23(27)21(17-8-10-18(29-2)11-9-17)22(24(26)28)25-12-15-30-16-13-25/h4-11H,3,12-16H2,1-2H3. The zero-order chi connectivity index (χ0) is 21.8. The van der Waals surface area contributed by atoms with Gasteiger partial charge in [0, 0.05) is 13.1 Å². The average molecular weight is 422 g/mol. The molecule has 0 N–H and O–H groups in total. The van der Waals surface area contributed by atoms with Crippen molar-refractivity contribution in [3.8, 4) is 11.5 Å². The van der Waals surface area contributed by atoms with E-state index in [9.17, 15) is 9.59 Å². The highest BCUT2D eigenvalue weighted by molar-refractivity contribution is 6.45. The molecule has 0 spiro atoms. The lowest BCUT2D eigenvalue weighted by atomic mass is 10.0. The quantitative estimate of drug-likeness (QED) is 0.639. The van der Waals surface area contributed by atoms with Crippen LogP contribution in [0.1, 0.15) is 18.9 Å². The summed E-state index contributed by atoms with van der Waals surface area (Å²) in [5.74, 6) is 0.502. The van der Waals surface area contributed by atoms with Crippen LogP contribution < -0.4 is 14.4 Å². The molecular formula is C24H26N2O5. The number of hydrogen-bond donors (Lipinski definition) is 0. The Balaban J connectivity index is 1.79. The molecule has 0 atom stereocenters. The van der Waals surface area contributed by atoms with Crippen molar-refractivity contribution in [2.24, 2.45) is 0 Å². The average Bonchev–Trinajstić information content (AvgIpc) is 3.08. The SMILES string of the molecule is CCCOc1ccccc1N1C(=O)C(c2ccc(OC)cc2)=C(N2CCOCC2)C1=O. The zero-order valence-corrected chi connectivity index (χ0v) is 17.8. The summed E-state index contributed by atoms with van der Waals surface area (Å²) in [7, 11) is 1.59. The van der Waals surface area contributed by atoms with Crippen LogP contribution in [0.15, 0.2) is 54.2 Å². The highest BCUT2D eigenvalue weighted by Crippen LogP contribution is 2.39. The Morgan fingerprint density at radius 1 is 0.968 bits per heavy atom. The van der Waals surface area contributed by atoms with Gasteiger partial charge < -0.3 is 19.1 Å². The molecule has 0 unspecified atom stereocenters. The highest BCUT2D eigenvalue weighted by atomic mass is 16.5. The summed E-state index contributed by atoms with van der Waals surface area (Å²) in [4.78, 5) is 30.5. The zero-order valence-electron chi connectivity index (χ0n) is 17.8. The third-order valence-electron chi connectivity index (χ3n) is 5.33. The fourth-order valence-corrected chi connectivity index (χ4v) is 3.81. The molecule has 0 radical (unpaired) electrons. The predicted octanol–water partition coefficient (Wildman–Crippen LogP) is 3.10. The van der Waals surface area contributed by atoms with Crippen molar-refractivity contribution in [1.29, 1.82) is 0 Å². The number of hydrogen-bond acceptors (Lipinski definition) is 6. The Hall–Kier alpha value is -3.32. The van der Waals surface area contributed by atoms with Crippen LogP contribution in [0.5, 0.6) is 11.5 Å². The number of amides is 2. The molecule has 162 valence electrons. The first-order valence-electron chi connectivity index (χ1n) is 10.5. The molecule has 7 nitrogen and oxygen atoms in total. The minimum Gasteiger partial charge on any atom is -0.497 e. The van der Waals surface area contributed by atoms with Crippen molar-refractivity contribution < 1.29 is 23.8 Å². The number of anilines is 1. The van der Waals surface area contributed by atoms with E-state index in [-0.39, 0.29) is 11.8 Å². The van der Waals surface area contributed by atoms with Crippen molar-refractivity contribution in [2.45, 2.75) is 13.3 Å². The van der Waals surface area contributed by atoms with E-state index in [1.54, 1.807) is 37.4 Å². The maximum atomic E-state index is 13.7. The lowest BCUT2D eigenvalue weighted by molar-refractivity contribution is -0.121. The topological polar surface area (TPSA) is 68.3 Å². The first kappa shape index (κ1) is 20.9. The van der Waals surface area contributed by atoms with Gasteiger partial charge in [-0.15, -0.1) is 0 Å². The van der Waals surface area contributed by atoms with E-state index in [0.29, 0.717) is 66.9 Å². The molecule has 2 aromatic carbocycles. The van der Waals surface area contributed by atoms with Crippen LogP contribution >= 0.6 is 0 Å². The maximum Gasteiger partial charge on any atom is 0.282 e. The summed E-state index contributed by atoms with van der Waals surface area (Å²) in [5.41, 5.74) is 1.93. The molecule has 2 aliphatic rings. The summed E-state index contributed by atoms with van der Waals surface area (Å²) < 4.78 is 16.5. The van der Waals surface area contributed by atoms with Gasteiger partial charge in [0.05, 0.1) is 38.2 Å². The van der Waals surface area contributed by atoms with E-state index in [0.717, 1.165) is 6.42 Å². The number of ether oxygens (including phenoxy) is 3. The molecule has 2 aliphatic heterocycles. The van der Waals surface area contributed by atoms with Crippen molar-refractivity contribution in [3.05, 3.63) is 59.8 Å². The van der Waals surface area contributed by atoms with E-state index in [1.807, 2.05) is 30.0 Å². The van der Waals surface area contributed by atoms with Gasteiger partial charge in [-0.2, -0.15) is 0 Å². The molecule has 0 saturated carbocycles. The van der Waals surface area contributed by atoms with E-state index in [4.69, 9.17) is 14.2 Å². The molecule has 2 heterocycles. The molecule has 1 fully saturated rings. The summed E-state index contributed by atoms with van der Waals surface area (Å²) in [6, 6.07) is 14.4. The number of methoxy groups -OCH3 is 1. The summed E-state index contributed by atoms with van der Waals surface area (Å²) in [6.07, 6.45) is 0.824. The molecule has 4 rings (SSSR count). The van der Waals surface area contributed by atoms with Crippen LogP contribution in [0.3, 0.4) is 0 Å². The highest BCUT2D eigenvalue weighted by Gasteiger charge is 2.43. The molecule has 31 heavy (non-hydrogen) atoms. The van der Waals surface area contributed by atoms with Crippen LogP contribution in [-0.2, 0) is 14.3 Å². The van der Waals surface area contributed by atoms with Gasteiger partial charge in [-0.1, -0.05) is 31.2 Å². The van der Waals surface area contributed by atoms with Crippen molar-refractivity contribution in [3.63, 3.8) is 0 Å². The summed E-state index contributed by atoms with van der Waals surface area (Å²) in [6.45, 7) is 4.64. The van der Waals surface area contributed by atoms with Crippen LogP contribution in [0.25, 0.3) is 5.57 Å². The first-order chi connectivity index (χ1) is 15.2. The van der Waals surface area contributed by atoms with E-state index in [1.165, 1.54) is 4.90 Å². The number of imide groups is 1. The second kappa shape index (κ2) is 9.22. The van der Waals surface area contributed by atoms with Crippen molar-refractivity contribution >= 4 is 23.1 Å². The van der Waals surface area contributed by atoms with Crippen LogP contribution in [-0.4, -0.2) is 56.7 Å². The Morgan fingerprint density at radius 3 is 2.35 bits per heavy atom. The van der Waals surface area contributed by atoms with Gasteiger partial charge >= 0.3 is 0 Å². The smallest absolute Gasteiger partial charge is 0.282 e. The van der Waals surface area contributed by atoms with E-state index < -0.39 is 0 Å². The molecule has 7 heteroatoms. The third kappa shape index (κ3) is 4.01. The molecule has 0 aromatic heterocycles. The number of carbonyl (C=O) groups excluding carboxylic acids is 2. The molecule has 2 amide bonds. The number of rotatable bonds is 7. The Labute approximate surface area is 181 Å². The minimum absolute atomic E-state index is 0.342. The Morgan fingerprint density at radius 2 is 1.68 bits per heavy atom. The van der Waals surface area contributed by atoms with Crippen LogP contribution in [0.2, 0.25) is 0 Å². The lowest BCUT2D eigenvalue weighted by Gasteiger charge is -2.29. The molecule has 2 aromatic rings. The minimum atomic E-state index is -0.357. The largest absolute Gasteiger partial charge is 0.497 e. The Bertz CT molecular complexity index is 993. The molecule has 1 saturated heterocycles. The fourth-order valence-electron chi connectivity index (χ4n) is 3.81. The second-order valence-corrected chi connectivity index (χ2v) is 7.31. The third-order valence-corrected chi connectivity index (χ3v) is 5.33. The molecular weight excluding hydrogens is 396 g/mol. The van der Waals surface area contributed by atoms with Gasteiger partial charge in [0.2, 0.25) is 0 Å². The Kier molecular flexibility index (Phi) is 6.23. The normalized spacial score (nSPS) is 16.8. The van der Waals surface area contributed by atoms with Gasteiger partial charge in [0.1, 0.15) is 17.2 Å². The van der Waals surface area contributed by atoms with Crippen molar-refractivity contribution in [2.75, 3.05) is 44.9 Å². The number of benzene rings is 2. The summed E-state index contributed by atoms with van der Waals surface area (Å²) in [5, 5.41) is 0. The van der Waals surface area contributed by atoms with Gasteiger partial charge in [-0.25, -0.2) is 4.90 Å². The van der Waals surface area contributed by atoms with Gasteiger partial charge in [0.25, 0.3) is 11.8 Å². The monoisotopic (exact) mass is 422 g/mol. The number of morpholine rings is 1. The van der Waals surface area contributed by atoms with Gasteiger partial charge in [-0.3, -0.25) is 9.59 Å². The molecule has 0 bridgehead atoms. The molecule has 0 aliphatic carbocycles. The summed E-state index contributed by atoms with van der Waals surface area (Å²) >= 11 is 0. The maximum absolute atomic E-state index is 13.7. The van der Waals surface area contributed by atoms with Gasteiger partial charge in [-0.05, 0) is 36.2 Å². The van der Waals surface area contributed by atoms with E-state index >= 15 is 0 Å². The fraction of sp³-hybridized carbons (Fsp3) is 0.333. The van der Waals surface area contributed by atoms with E-state index in [2.05, 4.69) is 0 Å². The van der Waals surface area contributed by atoms with Crippen molar-refractivity contribution in [1.82, 2.24) is 4.90 Å². The second-order valence-electron chi connectivity index (χ2n) is 7.31. The predicted molar refractivity (Wildman–Crippen MR) is 117 cm³/mol. The van der Waals surface area contributed by atoms with Crippen LogP contribution in [0.4, 0.5) is 5.69 Å². The number of para-hydroxylation sites is 2. The van der Waals surface area contributed by atoms with Gasteiger partial charge in [0.15, 0.2) is 0 Å². The number of carbonyl (C=O) groups is 2.